The molecule has 26 heavy (non-hydrogen) atoms. The van der Waals surface area contributed by atoms with Crippen LogP contribution < -0.4 is 16.0 Å². The highest BCUT2D eigenvalue weighted by Gasteiger charge is 2.22. The van der Waals surface area contributed by atoms with Gasteiger partial charge in [-0.1, -0.05) is 12.1 Å². The zero-order chi connectivity index (χ0) is 18.5. The first kappa shape index (κ1) is 18.2. The molecule has 0 amide bonds. The minimum absolute atomic E-state index is 0.271. The summed E-state index contributed by atoms with van der Waals surface area (Å²) in [5.74, 6) is 0.618. The van der Waals surface area contributed by atoms with Crippen LogP contribution in [0, 0.1) is 19.7 Å². The molecule has 3 rings (SSSR count). The quantitative estimate of drug-likeness (QED) is 0.435. The summed E-state index contributed by atoms with van der Waals surface area (Å²) in [6.07, 6.45) is 2.25. The number of guanidine groups is 1. The van der Waals surface area contributed by atoms with Crippen molar-refractivity contribution < 1.29 is 4.39 Å². The van der Waals surface area contributed by atoms with Gasteiger partial charge in [0.05, 0.1) is 6.54 Å². The van der Waals surface area contributed by atoms with Gasteiger partial charge < -0.3 is 10.6 Å². The summed E-state index contributed by atoms with van der Waals surface area (Å²) in [5, 5.41) is 9.85. The maximum atomic E-state index is 13.0. The van der Waals surface area contributed by atoms with Gasteiger partial charge in [-0.25, -0.2) is 19.4 Å². The molecule has 1 aliphatic rings. The van der Waals surface area contributed by atoms with Crippen LogP contribution in [0.5, 0.6) is 0 Å². The normalized spacial score (nSPS) is 14.0. The number of aromatic nitrogens is 2. The predicted octanol–water partition coefficient (Wildman–Crippen LogP) is 2.83. The molecular formula is C18H21FN6S. The third-order valence-electron chi connectivity index (χ3n) is 3.69. The fourth-order valence-corrected chi connectivity index (χ4v) is 2.58. The van der Waals surface area contributed by atoms with Crippen LogP contribution in [0.3, 0.4) is 0 Å². The molecular weight excluding hydrogens is 351 g/mol. The highest BCUT2D eigenvalue weighted by molar-refractivity contribution is 7.80. The lowest BCUT2D eigenvalue weighted by atomic mass is 10.2. The Hall–Kier alpha value is -2.61. The Balaban J connectivity index is 1.73. The molecule has 3 N–H and O–H groups in total. The summed E-state index contributed by atoms with van der Waals surface area (Å²) in [4.78, 5) is 13.2. The van der Waals surface area contributed by atoms with Crippen molar-refractivity contribution in [1.29, 1.82) is 0 Å². The molecule has 1 fully saturated rings. The zero-order valence-corrected chi connectivity index (χ0v) is 15.5. The van der Waals surface area contributed by atoms with Crippen molar-refractivity contribution in [3.05, 3.63) is 53.1 Å². The minimum Gasteiger partial charge on any atom is -0.360 e. The van der Waals surface area contributed by atoms with Gasteiger partial charge in [-0.3, -0.25) is 5.32 Å². The van der Waals surface area contributed by atoms with Crippen LogP contribution in [0.4, 0.5) is 10.3 Å². The number of benzene rings is 1. The number of rotatable bonds is 4. The molecule has 2 aromatic rings. The van der Waals surface area contributed by atoms with E-state index in [1.165, 1.54) is 12.1 Å². The lowest BCUT2D eigenvalue weighted by molar-refractivity contribution is 0.627. The lowest BCUT2D eigenvalue weighted by Crippen LogP contribution is -2.43. The van der Waals surface area contributed by atoms with Gasteiger partial charge in [0.1, 0.15) is 5.82 Å². The molecule has 6 nitrogen and oxygen atoms in total. The largest absolute Gasteiger partial charge is 0.360 e. The van der Waals surface area contributed by atoms with Crippen molar-refractivity contribution >= 4 is 29.2 Å². The topological polar surface area (TPSA) is 74.2 Å². The molecule has 1 aromatic heterocycles. The van der Waals surface area contributed by atoms with Gasteiger partial charge in [0, 0.05) is 17.4 Å². The second-order valence-corrected chi connectivity index (χ2v) is 6.67. The van der Waals surface area contributed by atoms with Crippen molar-refractivity contribution in [2.75, 3.05) is 5.32 Å². The molecule has 0 aliphatic heterocycles. The smallest absolute Gasteiger partial charge is 0.229 e. The Morgan fingerprint density at radius 3 is 2.46 bits per heavy atom. The van der Waals surface area contributed by atoms with Gasteiger partial charge in [0.15, 0.2) is 5.11 Å². The highest BCUT2D eigenvalue weighted by atomic mass is 32.1. The molecule has 0 atom stereocenters. The third kappa shape index (κ3) is 5.73. The van der Waals surface area contributed by atoms with Gasteiger partial charge in [0.25, 0.3) is 0 Å². The number of hydrogen-bond acceptors (Lipinski definition) is 4. The predicted molar refractivity (Wildman–Crippen MR) is 105 cm³/mol. The molecule has 0 unspecified atom stereocenters. The molecule has 1 aliphatic carbocycles. The van der Waals surface area contributed by atoms with E-state index in [1.54, 1.807) is 12.1 Å². The Morgan fingerprint density at radius 2 is 1.85 bits per heavy atom. The summed E-state index contributed by atoms with van der Waals surface area (Å²) in [5.41, 5.74) is 2.60. The number of anilines is 1. The Bertz CT molecular complexity index is 797. The molecule has 1 heterocycles. The Kier molecular flexibility index (Phi) is 5.72. The van der Waals surface area contributed by atoms with Crippen molar-refractivity contribution in [2.24, 2.45) is 4.99 Å². The van der Waals surface area contributed by atoms with E-state index in [-0.39, 0.29) is 5.82 Å². The average molecular weight is 372 g/mol. The Labute approximate surface area is 157 Å². The zero-order valence-electron chi connectivity index (χ0n) is 14.7. The summed E-state index contributed by atoms with van der Waals surface area (Å²) in [6, 6.07) is 8.56. The van der Waals surface area contributed by atoms with Crippen LogP contribution in [0.25, 0.3) is 0 Å². The Morgan fingerprint density at radius 1 is 1.19 bits per heavy atom. The van der Waals surface area contributed by atoms with E-state index in [4.69, 9.17) is 12.2 Å². The third-order valence-corrected chi connectivity index (χ3v) is 3.91. The number of halogens is 1. The van der Waals surface area contributed by atoms with Crippen LogP contribution in [0.2, 0.25) is 0 Å². The molecule has 0 spiro atoms. The average Bonchev–Trinajstić information content (AvgIpc) is 3.37. The second kappa shape index (κ2) is 8.18. The van der Waals surface area contributed by atoms with E-state index in [1.807, 2.05) is 19.9 Å². The van der Waals surface area contributed by atoms with Gasteiger partial charge in [-0.2, -0.15) is 0 Å². The number of thiocarbonyl (C=S) groups is 1. The van der Waals surface area contributed by atoms with E-state index in [2.05, 4.69) is 30.9 Å². The monoisotopic (exact) mass is 372 g/mol. The SMILES string of the molecule is Cc1cc(C)nc(NC(=NCc2ccc(F)cc2)NC(=S)NC2CC2)n1. The van der Waals surface area contributed by atoms with E-state index >= 15 is 0 Å². The van der Waals surface area contributed by atoms with Crippen LogP contribution in [0.15, 0.2) is 35.3 Å². The molecule has 0 saturated heterocycles. The standard InChI is InChI=1S/C18H21FN6S/c1-11-9-12(2)22-17(21-11)24-16(25-18(26)23-15-7-8-15)20-10-13-3-5-14(19)6-4-13/h3-6,9,15H,7-8,10H2,1-2H3,(H3,20,21,22,23,24,25,26). The van der Waals surface area contributed by atoms with Crippen LogP contribution in [-0.2, 0) is 6.54 Å². The summed E-state index contributed by atoms with van der Waals surface area (Å²) < 4.78 is 13.0. The summed E-state index contributed by atoms with van der Waals surface area (Å²) >= 11 is 5.33. The van der Waals surface area contributed by atoms with Gasteiger partial charge in [-0.05, 0) is 62.7 Å². The van der Waals surface area contributed by atoms with Gasteiger partial charge in [0.2, 0.25) is 11.9 Å². The fourth-order valence-electron chi connectivity index (χ4n) is 2.31. The van der Waals surface area contributed by atoms with Crippen molar-refractivity contribution in [2.45, 2.75) is 39.3 Å². The first-order valence-corrected chi connectivity index (χ1v) is 8.84. The van der Waals surface area contributed by atoms with E-state index in [0.29, 0.717) is 29.6 Å². The lowest BCUT2D eigenvalue weighted by Gasteiger charge is -2.14. The van der Waals surface area contributed by atoms with E-state index in [0.717, 1.165) is 29.8 Å². The van der Waals surface area contributed by atoms with Crippen LogP contribution >= 0.6 is 12.2 Å². The minimum atomic E-state index is -0.271. The van der Waals surface area contributed by atoms with E-state index in [9.17, 15) is 4.39 Å². The molecule has 136 valence electrons. The first-order chi connectivity index (χ1) is 12.5. The van der Waals surface area contributed by atoms with Crippen molar-refractivity contribution in [1.82, 2.24) is 20.6 Å². The second-order valence-electron chi connectivity index (χ2n) is 6.26. The number of nitrogens with one attached hydrogen (secondary N) is 3. The maximum absolute atomic E-state index is 13.0. The maximum Gasteiger partial charge on any atom is 0.229 e. The first-order valence-electron chi connectivity index (χ1n) is 8.43. The fraction of sp³-hybridized carbons (Fsp3) is 0.333. The number of hydrogen-bond donors (Lipinski definition) is 3. The summed E-state index contributed by atoms with van der Waals surface area (Å²) in [6.45, 7) is 4.18. The van der Waals surface area contributed by atoms with Gasteiger partial charge >= 0.3 is 0 Å². The molecule has 0 radical (unpaired) electrons. The molecule has 0 bridgehead atoms. The van der Waals surface area contributed by atoms with Crippen LogP contribution in [-0.4, -0.2) is 27.1 Å². The number of nitrogens with zero attached hydrogens (tertiary/aromatic N) is 3. The summed E-state index contributed by atoms with van der Waals surface area (Å²) in [7, 11) is 0. The van der Waals surface area contributed by atoms with Crippen LogP contribution in [0.1, 0.15) is 29.8 Å². The van der Waals surface area contributed by atoms with Gasteiger partial charge in [-0.15, -0.1) is 0 Å². The van der Waals surface area contributed by atoms with Crippen molar-refractivity contribution in [3.8, 4) is 0 Å². The van der Waals surface area contributed by atoms with E-state index < -0.39 is 0 Å². The number of aryl methyl sites for hydroxylation is 2. The highest BCUT2D eigenvalue weighted by Crippen LogP contribution is 2.18. The molecule has 8 heteroatoms. The van der Waals surface area contributed by atoms with Crippen molar-refractivity contribution in [3.63, 3.8) is 0 Å². The molecule has 1 aromatic carbocycles. The number of aliphatic imine (C=N–C) groups is 1. The molecule has 1 saturated carbocycles.